The van der Waals surface area contributed by atoms with E-state index >= 15 is 0 Å². The van der Waals surface area contributed by atoms with Gasteiger partial charge in [-0.2, -0.15) is 0 Å². The van der Waals surface area contributed by atoms with Gasteiger partial charge in [-0.15, -0.1) is 0 Å². The summed E-state index contributed by atoms with van der Waals surface area (Å²) in [5, 5.41) is 3.21. The lowest BCUT2D eigenvalue weighted by atomic mass is 9.96. The lowest BCUT2D eigenvalue weighted by Crippen LogP contribution is -2.29. The Morgan fingerprint density at radius 3 is 2.23 bits per heavy atom. The number of nitrogens with one attached hydrogen (secondary N) is 1. The number of aryl methyl sites for hydroxylation is 1. The minimum absolute atomic E-state index is 0.0114. The number of benzene rings is 2. The molecule has 0 aliphatic heterocycles. The van der Waals surface area contributed by atoms with Crippen molar-refractivity contribution >= 4 is 5.91 Å². The van der Waals surface area contributed by atoms with Gasteiger partial charge in [0.15, 0.2) is 11.5 Å². The van der Waals surface area contributed by atoms with Gasteiger partial charge in [0.2, 0.25) is 5.91 Å². The van der Waals surface area contributed by atoms with Gasteiger partial charge in [-0.3, -0.25) is 4.79 Å². The molecule has 2 aromatic carbocycles. The molecule has 1 N–H and O–H groups in total. The fourth-order valence-electron chi connectivity index (χ4n) is 3.36. The molecule has 0 aliphatic rings. The van der Waals surface area contributed by atoms with E-state index in [1.54, 1.807) is 7.11 Å². The molecular formula is C25H35NO4. The van der Waals surface area contributed by atoms with E-state index in [-0.39, 0.29) is 11.9 Å². The molecule has 0 saturated carbocycles. The second-order valence-corrected chi connectivity index (χ2v) is 7.67. The second kappa shape index (κ2) is 12.1. The predicted octanol–water partition coefficient (Wildman–Crippen LogP) is 5.33. The normalized spacial score (nSPS) is 11.8. The Kier molecular flexibility index (Phi) is 9.52. The van der Waals surface area contributed by atoms with Crippen LogP contribution in [-0.4, -0.2) is 26.2 Å². The van der Waals surface area contributed by atoms with E-state index in [4.69, 9.17) is 14.2 Å². The standard InChI is InChI=1S/C25H35NO4/c1-6-29-23-14-8-19(17-24(23)30-7-2)9-15-25(27)26-22(16-18(3)4)20-10-12-21(28-5)13-11-20/h8,10-14,17-18,22H,6-7,9,15-16H2,1-5H3,(H,26,27). The average molecular weight is 414 g/mol. The zero-order valence-corrected chi connectivity index (χ0v) is 18.9. The molecular weight excluding hydrogens is 378 g/mol. The minimum Gasteiger partial charge on any atom is -0.497 e. The molecule has 30 heavy (non-hydrogen) atoms. The molecule has 1 amide bonds. The van der Waals surface area contributed by atoms with Crippen LogP contribution in [0.25, 0.3) is 0 Å². The molecule has 0 radical (unpaired) electrons. The molecule has 0 heterocycles. The highest BCUT2D eigenvalue weighted by Gasteiger charge is 2.17. The first kappa shape index (κ1) is 23.6. The molecule has 5 heteroatoms. The third-order valence-electron chi connectivity index (χ3n) is 4.81. The highest BCUT2D eigenvalue weighted by Crippen LogP contribution is 2.29. The Labute approximate surface area is 180 Å². The van der Waals surface area contributed by atoms with Gasteiger partial charge in [-0.25, -0.2) is 0 Å². The van der Waals surface area contributed by atoms with E-state index in [0.717, 1.165) is 34.8 Å². The summed E-state index contributed by atoms with van der Waals surface area (Å²) in [4.78, 5) is 12.7. The quantitative estimate of drug-likeness (QED) is 0.511. The summed E-state index contributed by atoms with van der Waals surface area (Å²) in [5.74, 6) is 2.80. The van der Waals surface area contributed by atoms with Crippen LogP contribution in [-0.2, 0) is 11.2 Å². The summed E-state index contributed by atoms with van der Waals surface area (Å²) in [7, 11) is 1.65. The largest absolute Gasteiger partial charge is 0.497 e. The van der Waals surface area contributed by atoms with Gasteiger partial charge in [0.25, 0.3) is 0 Å². The fraction of sp³-hybridized carbons (Fsp3) is 0.480. The van der Waals surface area contributed by atoms with Crippen molar-refractivity contribution in [2.75, 3.05) is 20.3 Å². The van der Waals surface area contributed by atoms with Crippen LogP contribution in [0, 0.1) is 5.92 Å². The molecule has 0 spiro atoms. The number of amides is 1. The average Bonchev–Trinajstić information content (AvgIpc) is 2.73. The Balaban J connectivity index is 2.01. The van der Waals surface area contributed by atoms with Crippen molar-refractivity contribution in [2.45, 2.75) is 53.0 Å². The lowest BCUT2D eigenvalue weighted by molar-refractivity contribution is -0.121. The first-order valence-corrected chi connectivity index (χ1v) is 10.8. The molecule has 2 aromatic rings. The van der Waals surface area contributed by atoms with E-state index in [2.05, 4.69) is 19.2 Å². The van der Waals surface area contributed by atoms with Crippen LogP contribution < -0.4 is 19.5 Å². The summed E-state index contributed by atoms with van der Waals surface area (Å²) in [6, 6.07) is 13.8. The number of rotatable bonds is 12. The number of hydrogen-bond donors (Lipinski definition) is 1. The minimum atomic E-state index is -0.0114. The van der Waals surface area contributed by atoms with Crippen molar-refractivity contribution in [3.05, 3.63) is 53.6 Å². The number of carbonyl (C=O) groups is 1. The smallest absolute Gasteiger partial charge is 0.220 e. The van der Waals surface area contributed by atoms with Gasteiger partial charge in [0.05, 0.1) is 26.4 Å². The van der Waals surface area contributed by atoms with Crippen molar-refractivity contribution in [1.29, 1.82) is 0 Å². The number of hydrogen-bond acceptors (Lipinski definition) is 4. The van der Waals surface area contributed by atoms with E-state index in [0.29, 0.717) is 32.0 Å². The molecule has 164 valence electrons. The lowest BCUT2D eigenvalue weighted by Gasteiger charge is -2.21. The van der Waals surface area contributed by atoms with E-state index in [1.807, 2.05) is 56.3 Å². The molecule has 0 fully saturated rings. The molecule has 5 nitrogen and oxygen atoms in total. The number of methoxy groups -OCH3 is 1. The van der Waals surface area contributed by atoms with Gasteiger partial charge >= 0.3 is 0 Å². The van der Waals surface area contributed by atoms with E-state index in [1.165, 1.54) is 0 Å². The van der Waals surface area contributed by atoms with Gasteiger partial charge in [-0.05, 0) is 68.0 Å². The van der Waals surface area contributed by atoms with Crippen LogP contribution in [0.2, 0.25) is 0 Å². The first-order chi connectivity index (χ1) is 14.5. The SMILES string of the molecule is CCOc1ccc(CCC(=O)NC(CC(C)C)c2ccc(OC)cc2)cc1OCC. The molecule has 2 rings (SSSR count). The van der Waals surface area contributed by atoms with Crippen molar-refractivity contribution in [1.82, 2.24) is 5.32 Å². The third kappa shape index (κ3) is 7.29. The van der Waals surface area contributed by atoms with Crippen LogP contribution in [0.3, 0.4) is 0 Å². The topological polar surface area (TPSA) is 56.8 Å². The van der Waals surface area contributed by atoms with Crippen molar-refractivity contribution in [3.8, 4) is 17.2 Å². The Morgan fingerprint density at radius 1 is 0.967 bits per heavy atom. The van der Waals surface area contributed by atoms with Crippen molar-refractivity contribution < 1.29 is 19.0 Å². The fourth-order valence-corrected chi connectivity index (χ4v) is 3.36. The van der Waals surface area contributed by atoms with Gasteiger partial charge < -0.3 is 19.5 Å². The monoisotopic (exact) mass is 413 g/mol. The zero-order chi connectivity index (χ0) is 21.9. The van der Waals surface area contributed by atoms with Crippen LogP contribution >= 0.6 is 0 Å². The van der Waals surface area contributed by atoms with E-state index in [9.17, 15) is 4.79 Å². The van der Waals surface area contributed by atoms with Gasteiger partial charge in [0.1, 0.15) is 5.75 Å². The maximum atomic E-state index is 12.7. The molecule has 0 aromatic heterocycles. The van der Waals surface area contributed by atoms with Crippen molar-refractivity contribution in [2.24, 2.45) is 5.92 Å². The Morgan fingerprint density at radius 2 is 1.63 bits per heavy atom. The van der Waals surface area contributed by atoms with Crippen LogP contribution in [0.4, 0.5) is 0 Å². The van der Waals surface area contributed by atoms with Crippen LogP contribution in [0.15, 0.2) is 42.5 Å². The van der Waals surface area contributed by atoms with Crippen LogP contribution in [0.5, 0.6) is 17.2 Å². The number of ether oxygens (including phenoxy) is 3. The van der Waals surface area contributed by atoms with E-state index < -0.39 is 0 Å². The Hall–Kier alpha value is -2.69. The molecule has 0 saturated heterocycles. The molecule has 0 aliphatic carbocycles. The third-order valence-corrected chi connectivity index (χ3v) is 4.81. The highest BCUT2D eigenvalue weighted by molar-refractivity contribution is 5.76. The summed E-state index contributed by atoms with van der Waals surface area (Å²) in [6.45, 7) is 9.39. The summed E-state index contributed by atoms with van der Waals surface area (Å²) >= 11 is 0. The summed E-state index contributed by atoms with van der Waals surface area (Å²) in [6.07, 6.45) is 1.95. The highest BCUT2D eigenvalue weighted by atomic mass is 16.5. The van der Waals surface area contributed by atoms with Gasteiger partial charge in [0, 0.05) is 6.42 Å². The maximum Gasteiger partial charge on any atom is 0.220 e. The van der Waals surface area contributed by atoms with Gasteiger partial charge in [-0.1, -0.05) is 32.0 Å². The molecule has 1 atom stereocenters. The summed E-state index contributed by atoms with van der Waals surface area (Å²) in [5.41, 5.74) is 2.15. The van der Waals surface area contributed by atoms with Crippen molar-refractivity contribution in [3.63, 3.8) is 0 Å². The predicted molar refractivity (Wildman–Crippen MR) is 120 cm³/mol. The molecule has 0 bridgehead atoms. The van der Waals surface area contributed by atoms with Crippen LogP contribution in [0.1, 0.15) is 57.7 Å². The Bertz CT molecular complexity index is 786. The summed E-state index contributed by atoms with van der Waals surface area (Å²) < 4.78 is 16.5. The molecule has 1 unspecified atom stereocenters. The zero-order valence-electron chi connectivity index (χ0n) is 18.9. The number of carbonyl (C=O) groups excluding carboxylic acids is 1. The first-order valence-electron chi connectivity index (χ1n) is 10.8. The maximum absolute atomic E-state index is 12.7. The second-order valence-electron chi connectivity index (χ2n) is 7.67.